The van der Waals surface area contributed by atoms with Gasteiger partial charge < -0.3 is 0 Å². The molecule has 0 atom stereocenters. The highest BCUT2D eigenvalue weighted by Gasteiger charge is 2.06. The lowest BCUT2D eigenvalue weighted by molar-refractivity contribution is 1.43. The molecule has 0 fully saturated rings. The summed E-state index contributed by atoms with van der Waals surface area (Å²) in [5.41, 5.74) is 5.66. The Morgan fingerprint density at radius 2 is 1.78 bits per heavy atom. The smallest absolute Gasteiger partial charge is 0.0106 e. The van der Waals surface area contributed by atoms with E-state index in [9.17, 15) is 0 Å². The largest absolute Gasteiger partial charge is 0.0984 e. The van der Waals surface area contributed by atoms with Crippen molar-refractivity contribution in [2.75, 3.05) is 0 Å². The van der Waals surface area contributed by atoms with Crippen molar-refractivity contribution in [2.24, 2.45) is 0 Å². The summed E-state index contributed by atoms with van der Waals surface area (Å²) in [4.78, 5) is 0. The third-order valence-electron chi connectivity index (χ3n) is 2.80. The molecule has 0 bridgehead atoms. The molecule has 0 N–H and O–H groups in total. The third kappa shape index (κ3) is 2.98. The standard InChI is InChI=1S/C18H20/c1-6-10-17(15(7-2)8-3)18-12-11-14(5)13-16(18)9-4/h6-13H,2-4H2,1,5H3/b10-6-. The first kappa shape index (κ1) is 14.0. The summed E-state index contributed by atoms with van der Waals surface area (Å²) in [5, 5.41) is 0. The van der Waals surface area contributed by atoms with Crippen molar-refractivity contribution < 1.29 is 0 Å². The number of hydrogen-bond acceptors (Lipinski definition) is 0. The van der Waals surface area contributed by atoms with Gasteiger partial charge in [-0.15, -0.1) is 0 Å². The highest BCUT2D eigenvalue weighted by molar-refractivity contribution is 5.84. The Morgan fingerprint density at radius 3 is 2.28 bits per heavy atom. The number of allylic oxidation sites excluding steroid dienone is 6. The molecule has 0 heterocycles. The highest BCUT2D eigenvalue weighted by atomic mass is 14.1. The minimum Gasteiger partial charge on any atom is -0.0984 e. The fourth-order valence-electron chi connectivity index (χ4n) is 1.91. The summed E-state index contributed by atoms with van der Waals surface area (Å²) in [6.45, 7) is 15.7. The Bertz CT molecular complexity index is 515. The molecular formula is C18H20. The summed E-state index contributed by atoms with van der Waals surface area (Å²) in [7, 11) is 0. The van der Waals surface area contributed by atoms with Crippen LogP contribution in [0.3, 0.4) is 0 Å². The molecular weight excluding hydrogens is 216 g/mol. The zero-order chi connectivity index (χ0) is 13.5. The Morgan fingerprint density at radius 1 is 1.11 bits per heavy atom. The van der Waals surface area contributed by atoms with Crippen LogP contribution in [0, 0.1) is 6.92 Å². The Kier molecular flexibility index (Phi) is 5.13. The molecule has 1 aromatic carbocycles. The minimum atomic E-state index is 1.03. The van der Waals surface area contributed by atoms with Crippen LogP contribution < -0.4 is 0 Å². The molecule has 0 heteroatoms. The summed E-state index contributed by atoms with van der Waals surface area (Å²) in [5.74, 6) is 0. The zero-order valence-electron chi connectivity index (χ0n) is 11.2. The van der Waals surface area contributed by atoms with Crippen LogP contribution in [0.4, 0.5) is 0 Å². The van der Waals surface area contributed by atoms with Gasteiger partial charge in [-0.25, -0.2) is 0 Å². The van der Waals surface area contributed by atoms with Crippen LogP contribution in [0.1, 0.15) is 23.6 Å². The maximum absolute atomic E-state index is 3.89. The van der Waals surface area contributed by atoms with Crippen molar-refractivity contribution in [3.8, 4) is 0 Å². The summed E-state index contributed by atoms with van der Waals surface area (Å²) >= 11 is 0. The van der Waals surface area contributed by atoms with Gasteiger partial charge in [-0.3, -0.25) is 0 Å². The normalized spacial score (nSPS) is 10.1. The first-order chi connectivity index (χ1) is 8.67. The maximum atomic E-state index is 3.89. The predicted octanol–water partition coefficient (Wildman–Crippen LogP) is 5.34. The van der Waals surface area contributed by atoms with Gasteiger partial charge in [-0.2, -0.15) is 0 Å². The van der Waals surface area contributed by atoms with E-state index in [0.29, 0.717) is 0 Å². The number of rotatable bonds is 5. The van der Waals surface area contributed by atoms with Crippen LogP contribution in [-0.4, -0.2) is 0 Å². The van der Waals surface area contributed by atoms with Crippen molar-refractivity contribution in [3.63, 3.8) is 0 Å². The van der Waals surface area contributed by atoms with Crippen LogP contribution in [0.2, 0.25) is 0 Å². The molecule has 1 aromatic rings. The Hall–Kier alpha value is -2.08. The van der Waals surface area contributed by atoms with Crippen LogP contribution in [-0.2, 0) is 0 Å². The molecule has 1 rings (SSSR count). The van der Waals surface area contributed by atoms with Crippen molar-refractivity contribution in [2.45, 2.75) is 13.8 Å². The Labute approximate surface area is 110 Å². The highest BCUT2D eigenvalue weighted by Crippen LogP contribution is 2.26. The van der Waals surface area contributed by atoms with Gasteiger partial charge in [-0.1, -0.05) is 73.9 Å². The van der Waals surface area contributed by atoms with Gasteiger partial charge in [0.2, 0.25) is 0 Å². The van der Waals surface area contributed by atoms with E-state index in [-0.39, 0.29) is 0 Å². The topological polar surface area (TPSA) is 0 Å². The van der Waals surface area contributed by atoms with E-state index in [1.165, 1.54) is 5.56 Å². The molecule has 92 valence electrons. The molecule has 0 radical (unpaired) electrons. The van der Waals surface area contributed by atoms with Crippen LogP contribution in [0.5, 0.6) is 0 Å². The van der Waals surface area contributed by atoms with Gasteiger partial charge in [0.15, 0.2) is 0 Å². The fourth-order valence-corrected chi connectivity index (χ4v) is 1.91. The molecule has 0 saturated heterocycles. The quantitative estimate of drug-likeness (QED) is 0.605. The molecule has 0 amide bonds. The maximum Gasteiger partial charge on any atom is -0.0106 e. The van der Waals surface area contributed by atoms with Gasteiger partial charge in [0, 0.05) is 0 Å². The van der Waals surface area contributed by atoms with E-state index in [1.807, 2.05) is 31.2 Å². The minimum absolute atomic E-state index is 1.03. The molecule has 0 spiro atoms. The molecule has 0 saturated carbocycles. The summed E-state index contributed by atoms with van der Waals surface area (Å²) in [6.07, 6.45) is 9.64. The third-order valence-corrected chi connectivity index (χ3v) is 2.80. The molecule has 0 aliphatic carbocycles. The van der Waals surface area contributed by atoms with E-state index in [2.05, 4.69) is 50.9 Å². The van der Waals surface area contributed by atoms with Crippen molar-refractivity contribution in [1.29, 1.82) is 0 Å². The SMILES string of the molecule is C=CC(C=C)=C(/C=C\C)c1ccc(C)cc1C=C. The second kappa shape index (κ2) is 6.61. The molecule has 0 aromatic heterocycles. The monoisotopic (exact) mass is 236 g/mol. The molecule has 0 unspecified atom stereocenters. The molecule has 0 aliphatic heterocycles. The number of benzene rings is 1. The van der Waals surface area contributed by atoms with Crippen molar-refractivity contribution in [3.05, 3.63) is 84.5 Å². The van der Waals surface area contributed by atoms with Crippen LogP contribution >= 0.6 is 0 Å². The van der Waals surface area contributed by atoms with Gasteiger partial charge >= 0.3 is 0 Å². The molecule has 18 heavy (non-hydrogen) atoms. The summed E-state index contributed by atoms with van der Waals surface area (Å²) in [6, 6.07) is 6.36. The van der Waals surface area contributed by atoms with E-state index in [4.69, 9.17) is 0 Å². The molecule has 0 nitrogen and oxygen atoms in total. The van der Waals surface area contributed by atoms with Crippen LogP contribution in [0.15, 0.2) is 67.8 Å². The van der Waals surface area contributed by atoms with Gasteiger partial charge in [0.05, 0.1) is 0 Å². The first-order valence-corrected chi connectivity index (χ1v) is 6.03. The average Bonchev–Trinajstić information content (AvgIpc) is 2.39. The van der Waals surface area contributed by atoms with E-state index in [0.717, 1.165) is 22.3 Å². The fraction of sp³-hybridized carbons (Fsp3) is 0.111. The van der Waals surface area contributed by atoms with Gasteiger partial charge in [-0.05, 0) is 36.1 Å². The van der Waals surface area contributed by atoms with Gasteiger partial charge in [0.1, 0.15) is 0 Å². The lowest BCUT2D eigenvalue weighted by Gasteiger charge is -2.11. The van der Waals surface area contributed by atoms with E-state index in [1.54, 1.807) is 0 Å². The van der Waals surface area contributed by atoms with Crippen LogP contribution in [0.25, 0.3) is 11.6 Å². The Balaban J connectivity index is 3.58. The van der Waals surface area contributed by atoms with E-state index < -0.39 is 0 Å². The number of aryl methyl sites for hydroxylation is 1. The predicted molar refractivity (Wildman–Crippen MR) is 83.4 cm³/mol. The van der Waals surface area contributed by atoms with E-state index >= 15 is 0 Å². The summed E-state index contributed by atoms with van der Waals surface area (Å²) < 4.78 is 0. The second-order valence-corrected chi connectivity index (χ2v) is 4.07. The van der Waals surface area contributed by atoms with Crippen molar-refractivity contribution in [1.82, 2.24) is 0 Å². The first-order valence-electron chi connectivity index (χ1n) is 6.03. The molecule has 0 aliphatic rings. The average molecular weight is 236 g/mol. The second-order valence-electron chi connectivity index (χ2n) is 4.07. The number of hydrogen-bond donors (Lipinski definition) is 0. The zero-order valence-corrected chi connectivity index (χ0v) is 11.2. The van der Waals surface area contributed by atoms with Gasteiger partial charge in [0.25, 0.3) is 0 Å². The lowest BCUT2D eigenvalue weighted by Crippen LogP contribution is -1.91. The lowest BCUT2D eigenvalue weighted by atomic mass is 9.93. The van der Waals surface area contributed by atoms with Crippen molar-refractivity contribution >= 4 is 11.6 Å².